The highest BCUT2D eigenvalue weighted by Crippen LogP contribution is 2.34. The molecule has 2 aromatic heterocycles. The second-order valence-electron chi connectivity index (χ2n) is 9.27. The van der Waals surface area contributed by atoms with Crippen LogP contribution in [0.3, 0.4) is 0 Å². The number of aromatic nitrogens is 3. The van der Waals surface area contributed by atoms with Crippen molar-refractivity contribution in [1.82, 2.24) is 19.9 Å². The van der Waals surface area contributed by atoms with Gasteiger partial charge >= 0.3 is 0 Å². The highest BCUT2D eigenvalue weighted by molar-refractivity contribution is 5.94. The fourth-order valence-corrected chi connectivity index (χ4v) is 4.62. The Balaban J connectivity index is 1.50. The number of rotatable bonds is 5. The zero-order valence-corrected chi connectivity index (χ0v) is 21.6. The Hall–Kier alpha value is -5.28. The molecule has 0 fully saturated rings. The van der Waals surface area contributed by atoms with Crippen LogP contribution >= 0.6 is 0 Å². The highest BCUT2D eigenvalue weighted by Gasteiger charge is 2.25. The lowest BCUT2D eigenvalue weighted by Crippen LogP contribution is -2.33. The van der Waals surface area contributed by atoms with Crippen LogP contribution in [0.5, 0.6) is 11.6 Å². The van der Waals surface area contributed by atoms with E-state index in [0.29, 0.717) is 60.2 Å². The van der Waals surface area contributed by atoms with Crippen LogP contribution in [0, 0.1) is 36.5 Å². The number of aryl methyl sites for hydroxylation is 2. The third kappa shape index (κ3) is 5.53. The smallest absolute Gasteiger partial charge is 0.253 e. The number of anilines is 2. The number of ether oxygens (including phenoxy) is 1. The lowest BCUT2D eigenvalue weighted by Gasteiger charge is -2.20. The third-order valence-electron chi connectivity index (χ3n) is 6.58. The van der Waals surface area contributed by atoms with Crippen LogP contribution in [0.25, 0.3) is 0 Å². The van der Waals surface area contributed by atoms with Crippen LogP contribution < -0.4 is 10.1 Å². The summed E-state index contributed by atoms with van der Waals surface area (Å²) in [6.45, 7) is 4.78. The molecule has 0 aliphatic carbocycles. The monoisotopic (exact) mass is 515 g/mol. The molecule has 0 saturated carbocycles. The number of hydrogen-bond acceptors (Lipinski definition) is 8. The fraction of sp³-hybridized carbons (Fsp3) is 0.200. The Morgan fingerprint density at radius 1 is 0.923 bits per heavy atom. The standard InChI is InChI=1S/C30H25N7O2/c1-19-15-22(18-32)16-20(2)27(19)39-28-25-9-13-37(29(38)23-7-11-33-12-8-23)14-10-26(25)35-30(36-28)34-24-5-3-21(17-31)4-6-24/h3-8,11-12,15-16H,9-10,13-14H2,1-2H3,(H,34,35,36). The number of fused-ring (bicyclic) bond motifs is 1. The fourth-order valence-electron chi connectivity index (χ4n) is 4.62. The minimum absolute atomic E-state index is 0.0599. The van der Waals surface area contributed by atoms with Crippen LogP contribution in [0.2, 0.25) is 0 Å². The number of hydrogen-bond donors (Lipinski definition) is 1. The van der Waals surface area contributed by atoms with Gasteiger partial charge in [0.25, 0.3) is 5.91 Å². The molecule has 0 atom stereocenters. The van der Waals surface area contributed by atoms with Crippen LogP contribution in [-0.4, -0.2) is 38.8 Å². The molecular weight excluding hydrogens is 490 g/mol. The van der Waals surface area contributed by atoms with Crippen molar-refractivity contribution in [3.05, 3.63) is 100.0 Å². The molecule has 0 spiro atoms. The molecule has 3 heterocycles. The van der Waals surface area contributed by atoms with Crippen LogP contribution in [0.1, 0.15) is 43.9 Å². The first kappa shape index (κ1) is 25.4. The van der Waals surface area contributed by atoms with Gasteiger partial charge in [-0.25, -0.2) is 4.98 Å². The summed E-state index contributed by atoms with van der Waals surface area (Å²) in [6, 6.07) is 18.3. The summed E-state index contributed by atoms with van der Waals surface area (Å²) in [6.07, 6.45) is 4.27. The van der Waals surface area contributed by atoms with Gasteiger partial charge in [0, 0.05) is 48.7 Å². The van der Waals surface area contributed by atoms with Gasteiger partial charge < -0.3 is 15.0 Å². The number of amides is 1. The summed E-state index contributed by atoms with van der Waals surface area (Å²) < 4.78 is 6.43. The molecule has 0 bridgehead atoms. The second kappa shape index (κ2) is 11.0. The molecule has 0 radical (unpaired) electrons. The summed E-state index contributed by atoms with van der Waals surface area (Å²) in [7, 11) is 0. The van der Waals surface area contributed by atoms with E-state index >= 15 is 0 Å². The number of benzene rings is 2. The van der Waals surface area contributed by atoms with Crippen molar-refractivity contribution in [2.45, 2.75) is 26.7 Å². The molecule has 1 aliphatic rings. The Kier molecular flexibility index (Phi) is 7.15. The van der Waals surface area contributed by atoms with E-state index in [9.17, 15) is 10.1 Å². The molecule has 9 heteroatoms. The van der Waals surface area contributed by atoms with Gasteiger partial charge in [0.05, 0.1) is 29.0 Å². The maximum atomic E-state index is 13.2. The maximum absolute atomic E-state index is 13.2. The molecule has 0 unspecified atom stereocenters. The molecule has 192 valence electrons. The van der Waals surface area contributed by atoms with E-state index in [-0.39, 0.29) is 5.91 Å². The number of pyridine rings is 1. The van der Waals surface area contributed by atoms with Crippen LogP contribution in [-0.2, 0) is 12.8 Å². The molecule has 2 aromatic carbocycles. The topological polar surface area (TPSA) is 128 Å². The van der Waals surface area contributed by atoms with Gasteiger partial charge in [0.1, 0.15) is 5.75 Å². The summed E-state index contributed by atoms with van der Waals surface area (Å²) in [4.78, 5) is 28.5. The molecule has 1 amide bonds. The van der Waals surface area contributed by atoms with Gasteiger partial charge in [0.2, 0.25) is 11.8 Å². The van der Waals surface area contributed by atoms with Gasteiger partial charge in [-0.15, -0.1) is 0 Å². The summed E-state index contributed by atoms with van der Waals surface area (Å²) >= 11 is 0. The number of nitrogens with one attached hydrogen (secondary N) is 1. The van der Waals surface area contributed by atoms with E-state index in [1.165, 1.54) is 0 Å². The van der Waals surface area contributed by atoms with Crippen LogP contribution in [0.4, 0.5) is 11.6 Å². The first-order valence-electron chi connectivity index (χ1n) is 12.5. The Labute approximate surface area is 226 Å². The van der Waals surface area contributed by atoms with E-state index in [1.807, 2.05) is 18.7 Å². The molecule has 5 rings (SSSR count). The number of nitriles is 2. The van der Waals surface area contributed by atoms with E-state index in [0.717, 1.165) is 28.1 Å². The average molecular weight is 516 g/mol. The van der Waals surface area contributed by atoms with Gasteiger partial charge in [-0.3, -0.25) is 9.78 Å². The SMILES string of the molecule is Cc1cc(C#N)cc(C)c1Oc1nc(Nc2ccc(C#N)cc2)nc2c1CCN(C(=O)c1ccncc1)CC2. The Morgan fingerprint density at radius 3 is 2.26 bits per heavy atom. The first-order valence-corrected chi connectivity index (χ1v) is 12.5. The summed E-state index contributed by atoms with van der Waals surface area (Å²) in [5, 5.41) is 21.7. The molecule has 39 heavy (non-hydrogen) atoms. The molecule has 4 aromatic rings. The Morgan fingerprint density at radius 2 is 1.59 bits per heavy atom. The van der Waals surface area contributed by atoms with Crippen molar-refractivity contribution in [3.8, 4) is 23.8 Å². The molecule has 1 aliphatic heterocycles. The van der Waals surface area contributed by atoms with Crippen molar-refractivity contribution in [2.75, 3.05) is 18.4 Å². The summed E-state index contributed by atoms with van der Waals surface area (Å²) in [5.74, 6) is 1.33. The van der Waals surface area contributed by atoms with E-state index in [1.54, 1.807) is 60.9 Å². The first-order chi connectivity index (χ1) is 18.9. The molecule has 9 nitrogen and oxygen atoms in total. The number of carbonyl (C=O) groups excluding carboxylic acids is 1. The summed E-state index contributed by atoms with van der Waals surface area (Å²) in [5.41, 5.74) is 5.72. The van der Waals surface area contributed by atoms with Gasteiger partial charge in [-0.2, -0.15) is 15.5 Å². The molecule has 1 N–H and O–H groups in total. The van der Waals surface area contributed by atoms with E-state index < -0.39 is 0 Å². The maximum Gasteiger partial charge on any atom is 0.253 e. The van der Waals surface area contributed by atoms with Gasteiger partial charge in [-0.1, -0.05) is 0 Å². The lowest BCUT2D eigenvalue weighted by molar-refractivity contribution is 0.0762. The lowest BCUT2D eigenvalue weighted by atomic mass is 10.1. The van der Waals surface area contributed by atoms with Crippen molar-refractivity contribution in [1.29, 1.82) is 10.5 Å². The minimum Gasteiger partial charge on any atom is -0.438 e. The zero-order chi connectivity index (χ0) is 27.4. The second-order valence-corrected chi connectivity index (χ2v) is 9.27. The largest absolute Gasteiger partial charge is 0.438 e. The normalized spacial score (nSPS) is 12.5. The predicted octanol–water partition coefficient (Wildman–Crippen LogP) is 5.01. The number of carbonyl (C=O) groups is 1. The zero-order valence-electron chi connectivity index (χ0n) is 21.6. The molecular formula is C30H25N7O2. The molecule has 0 saturated heterocycles. The van der Waals surface area contributed by atoms with Gasteiger partial charge in [-0.05, 0) is 79.9 Å². The average Bonchev–Trinajstić information content (AvgIpc) is 3.18. The third-order valence-corrected chi connectivity index (χ3v) is 6.58. The van der Waals surface area contributed by atoms with Crippen molar-refractivity contribution < 1.29 is 9.53 Å². The number of nitrogens with zero attached hydrogens (tertiary/aromatic N) is 6. The van der Waals surface area contributed by atoms with Gasteiger partial charge in [0.15, 0.2) is 0 Å². The van der Waals surface area contributed by atoms with Crippen molar-refractivity contribution in [2.24, 2.45) is 0 Å². The minimum atomic E-state index is -0.0599. The predicted molar refractivity (Wildman–Crippen MR) is 145 cm³/mol. The Bertz CT molecular complexity index is 1600. The van der Waals surface area contributed by atoms with Crippen LogP contribution in [0.15, 0.2) is 60.9 Å². The highest BCUT2D eigenvalue weighted by atomic mass is 16.5. The van der Waals surface area contributed by atoms with E-state index in [4.69, 9.17) is 20.0 Å². The van der Waals surface area contributed by atoms with Crippen molar-refractivity contribution in [3.63, 3.8) is 0 Å². The quantitative estimate of drug-likeness (QED) is 0.393. The van der Waals surface area contributed by atoms with Crippen molar-refractivity contribution >= 4 is 17.5 Å². The van der Waals surface area contributed by atoms with E-state index in [2.05, 4.69) is 22.4 Å².